The molecule has 4 heteroatoms. The maximum absolute atomic E-state index is 13.1. The summed E-state index contributed by atoms with van der Waals surface area (Å²) in [4.78, 5) is 0. The van der Waals surface area contributed by atoms with Crippen molar-refractivity contribution in [3.8, 4) is 0 Å². The SMILES string of the molecule is Cn1nc2c(F)cccc2c1Br. The second kappa shape index (κ2) is 2.55. The van der Waals surface area contributed by atoms with Crippen molar-refractivity contribution in [2.24, 2.45) is 7.05 Å². The summed E-state index contributed by atoms with van der Waals surface area (Å²) in [6, 6.07) is 4.90. The summed E-state index contributed by atoms with van der Waals surface area (Å²) in [6.07, 6.45) is 0. The Morgan fingerprint density at radius 1 is 1.50 bits per heavy atom. The second-order valence-corrected chi connectivity index (χ2v) is 3.30. The van der Waals surface area contributed by atoms with E-state index in [4.69, 9.17) is 0 Å². The van der Waals surface area contributed by atoms with Gasteiger partial charge in [-0.1, -0.05) is 6.07 Å². The lowest BCUT2D eigenvalue weighted by molar-refractivity contribution is 0.632. The lowest BCUT2D eigenvalue weighted by Gasteiger charge is -1.88. The molecule has 0 aliphatic carbocycles. The summed E-state index contributed by atoms with van der Waals surface area (Å²) < 4.78 is 15.5. The topological polar surface area (TPSA) is 17.8 Å². The highest BCUT2D eigenvalue weighted by atomic mass is 79.9. The molecule has 0 radical (unpaired) electrons. The number of aromatic nitrogens is 2. The van der Waals surface area contributed by atoms with Crippen molar-refractivity contribution in [3.05, 3.63) is 28.6 Å². The molecule has 0 aliphatic heterocycles. The first-order chi connectivity index (χ1) is 5.70. The molecule has 62 valence electrons. The summed E-state index contributed by atoms with van der Waals surface area (Å²) >= 11 is 3.32. The smallest absolute Gasteiger partial charge is 0.151 e. The average molecular weight is 229 g/mol. The van der Waals surface area contributed by atoms with Gasteiger partial charge in [-0.05, 0) is 28.1 Å². The Labute approximate surface area is 77.1 Å². The number of nitrogens with zero attached hydrogens (tertiary/aromatic N) is 2. The molecule has 0 amide bonds. The Morgan fingerprint density at radius 3 is 2.92 bits per heavy atom. The first-order valence-corrected chi connectivity index (χ1v) is 4.26. The molecular formula is C8H6BrFN2. The minimum atomic E-state index is -0.284. The molecule has 0 aliphatic rings. The molecule has 2 nitrogen and oxygen atoms in total. The molecule has 1 aromatic carbocycles. The number of hydrogen-bond acceptors (Lipinski definition) is 1. The van der Waals surface area contributed by atoms with Crippen molar-refractivity contribution in [1.82, 2.24) is 9.78 Å². The Hall–Kier alpha value is -0.900. The van der Waals surface area contributed by atoms with Crippen molar-refractivity contribution >= 4 is 26.8 Å². The van der Waals surface area contributed by atoms with E-state index in [1.165, 1.54) is 6.07 Å². The molecule has 2 rings (SSSR count). The first kappa shape index (κ1) is 7.73. The highest BCUT2D eigenvalue weighted by molar-refractivity contribution is 9.10. The van der Waals surface area contributed by atoms with E-state index in [1.54, 1.807) is 17.8 Å². The fourth-order valence-corrected chi connectivity index (χ4v) is 1.55. The van der Waals surface area contributed by atoms with Gasteiger partial charge in [-0.2, -0.15) is 5.10 Å². The molecule has 0 saturated carbocycles. The molecule has 0 atom stereocenters. The van der Waals surface area contributed by atoms with E-state index in [0.717, 1.165) is 9.99 Å². The van der Waals surface area contributed by atoms with Crippen LogP contribution in [-0.4, -0.2) is 9.78 Å². The highest BCUT2D eigenvalue weighted by Gasteiger charge is 2.08. The fraction of sp³-hybridized carbons (Fsp3) is 0.125. The van der Waals surface area contributed by atoms with E-state index in [9.17, 15) is 4.39 Å². The summed E-state index contributed by atoms with van der Waals surface area (Å²) in [5.41, 5.74) is 0.409. The molecular weight excluding hydrogens is 223 g/mol. The van der Waals surface area contributed by atoms with E-state index < -0.39 is 0 Å². The Bertz CT molecular complexity index is 436. The quantitative estimate of drug-likeness (QED) is 0.678. The normalized spacial score (nSPS) is 10.9. The van der Waals surface area contributed by atoms with Crippen LogP contribution in [0.2, 0.25) is 0 Å². The molecule has 0 fully saturated rings. The number of rotatable bonds is 0. The van der Waals surface area contributed by atoms with Crippen LogP contribution in [-0.2, 0) is 7.05 Å². The van der Waals surface area contributed by atoms with Crippen LogP contribution >= 0.6 is 15.9 Å². The Balaban J connectivity index is 2.95. The number of benzene rings is 1. The summed E-state index contributed by atoms with van der Waals surface area (Å²) in [5.74, 6) is -0.284. The minimum Gasteiger partial charge on any atom is -0.260 e. The third kappa shape index (κ3) is 0.948. The first-order valence-electron chi connectivity index (χ1n) is 3.47. The summed E-state index contributed by atoms with van der Waals surface area (Å²) in [6.45, 7) is 0. The van der Waals surface area contributed by atoms with E-state index in [1.807, 2.05) is 6.07 Å². The van der Waals surface area contributed by atoms with Crippen LogP contribution in [0.1, 0.15) is 0 Å². The van der Waals surface area contributed by atoms with Gasteiger partial charge in [-0.15, -0.1) is 0 Å². The molecule has 2 aromatic rings. The van der Waals surface area contributed by atoms with Gasteiger partial charge in [0, 0.05) is 12.4 Å². The number of aryl methyl sites for hydroxylation is 1. The minimum absolute atomic E-state index is 0.284. The molecule has 12 heavy (non-hydrogen) atoms. The molecule has 0 saturated heterocycles. The van der Waals surface area contributed by atoms with Gasteiger partial charge in [-0.3, -0.25) is 4.68 Å². The maximum atomic E-state index is 13.1. The van der Waals surface area contributed by atoms with Gasteiger partial charge in [0.05, 0.1) is 0 Å². The van der Waals surface area contributed by atoms with Gasteiger partial charge in [-0.25, -0.2) is 4.39 Å². The average Bonchev–Trinajstić information content (AvgIpc) is 2.32. The Morgan fingerprint density at radius 2 is 2.25 bits per heavy atom. The zero-order valence-corrected chi connectivity index (χ0v) is 7.97. The number of halogens is 2. The fourth-order valence-electron chi connectivity index (χ4n) is 1.15. The zero-order valence-electron chi connectivity index (χ0n) is 6.38. The van der Waals surface area contributed by atoms with Gasteiger partial charge in [0.2, 0.25) is 0 Å². The van der Waals surface area contributed by atoms with E-state index in [2.05, 4.69) is 21.0 Å². The predicted octanol–water partition coefficient (Wildman–Crippen LogP) is 2.47. The number of fused-ring (bicyclic) bond motifs is 1. The Kier molecular flexibility index (Phi) is 1.65. The molecule has 0 spiro atoms. The monoisotopic (exact) mass is 228 g/mol. The number of hydrogen-bond donors (Lipinski definition) is 0. The van der Waals surface area contributed by atoms with Crippen LogP contribution in [0.4, 0.5) is 4.39 Å². The predicted molar refractivity (Wildman–Crippen MR) is 48.4 cm³/mol. The van der Waals surface area contributed by atoms with E-state index >= 15 is 0 Å². The summed E-state index contributed by atoms with van der Waals surface area (Å²) in [5, 5.41) is 4.81. The van der Waals surface area contributed by atoms with Crippen molar-refractivity contribution in [2.75, 3.05) is 0 Å². The zero-order chi connectivity index (χ0) is 8.72. The largest absolute Gasteiger partial charge is 0.260 e. The van der Waals surface area contributed by atoms with Gasteiger partial charge in [0.1, 0.15) is 10.1 Å². The van der Waals surface area contributed by atoms with Crippen LogP contribution in [0.25, 0.3) is 10.9 Å². The van der Waals surface area contributed by atoms with Crippen LogP contribution in [0.5, 0.6) is 0 Å². The van der Waals surface area contributed by atoms with Gasteiger partial charge in [0.15, 0.2) is 5.82 Å². The van der Waals surface area contributed by atoms with Crippen LogP contribution in [0.15, 0.2) is 22.8 Å². The third-order valence-electron chi connectivity index (χ3n) is 1.74. The molecule has 0 bridgehead atoms. The molecule has 0 N–H and O–H groups in total. The van der Waals surface area contributed by atoms with Crippen molar-refractivity contribution in [2.45, 2.75) is 0 Å². The van der Waals surface area contributed by atoms with Crippen LogP contribution in [0, 0.1) is 5.82 Å². The van der Waals surface area contributed by atoms with Gasteiger partial charge in [0.25, 0.3) is 0 Å². The molecule has 1 aromatic heterocycles. The lowest BCUT2D eigenvalue weighted by Crippen LogP contribution is -1.88. The van der Waals surface area contributed by atoms with E-state index in [-0.39, 0.29) is 5.82 Å². The van der Waals surface area contributed by atoms with Crippen molar-refractivity contribution in [1.29, 1.82) is 0 Å². The molecule has 1 heterocycles. The lowest BCUT2D eigenvalue weighted by atomic mass is 10.2. The molecule has 0 unspecified atom stereocenters. The van der Waals surface area contributed by atoms with Gasteiger partial charge < -0.3 is 0 Å². The maximum Gasteiger partial charge on any atom is 0.151 e. The van der Waals surface area contributed by atoms with Crippen LogP contribution in [0.3, 0.4) is 0 Å². The van der Waals surface area contributed by atoms with Crippen LogP contribution < -0.4 is 0 Å². The second-order valence-electron chi connectivity index (χ2n) is 2.55. The highest BCUT2D eigenvalue weighted by Crippen LogP contribution is 2.24. The van der Waals surface area contributed by atoms with Gasteiger partial charge >= 0.3 is 0 Å². The van der Waals surface area contributed by atoms with E-state index in [0.29, 0.717) is 5.52 Å². The third-order valence-corrected chi connectivity index (χ3v) is 2.68. The van der Waals surface area contributed by atoms with Crippen molar-refractivity contribution in [3.63, 3.8) is 0 Å². The summed E-state index contributed by atoms with van der Waals surface area (Å²) in [7, 11) is 1.77. The standard InChI is InChI=1S/C8H6BrFN2/c1-12-8(9)5-3-2-4-6(10)7(5)11-12/h2-4H,1H3. The van der Waals surface area contributed by atoms with Crippen molar-refractivity contribution < 1.29 is 4.39 Å².